The van der Waals surface area contributed by atoms with Crippen molar-refractivity contribution in [2.75, 3.05) is 31.6 Å². The zero-order valence-corrected chi connectivity index (χ0v) is 18.9. The first-order chi connectivity index (χ1) is 16.1. The van der Waals surface area contributed by atoms with Gasteiger partial charge in [-0.1, -0.05) is 36.4 Å². The van der Waals surface area contributed by atoms with E-state index in [-0.39, 0.29) is 0 Å². The van der Waals surface area contributed by atoms with Crippen LogP contribution in [0, 0.1) is 0 Å². The molecule has 0 saturated carbocycles. The second-order valence-electron chi connectivity index (χ2n) is 8.59. The predicted octanol–water partition coefficient (Wildman–Crippen LogP) is 5.17. The third kappa shape index (κ3) is 6.70. The van der Waals surface area contributed by atoms with Crippen molar-refractivity contribution in [2.45, 2.75) is 37.7 Å². The number of benzene rings is 2. The summed E-state index contributed by atoms with van der Waals surface area (Å²) in [5, 5.41) is 13.7. The molecule has 1 saturated heterocycles. The second kappa shape index (κ2) is 11.2. The van der Waals surface area contributed by atoms with Gasteiger partial charge >= 0.3 is 6.09 Å². The molecule has 0 spiro atoms. The summed E-state index contributed by atoms with van der Waals surface area (Å²) < 4.78 is 11.1. The van der Waals surface area contributed by atoms with E-state index in [0.29, 0.717) is 18.0 Å². The molecule has 2 aliphatic rings. The van der Waals surface area contributed by atoms with Crippen molar-refractivity contribution in [3.63, 3.8) is 0 Å². The topological polar surface area (TPSA) is 71.0 Å². The largest absolute Gasteiger partial charge is 0.494 e. The maximum absolute atomic E-state index is 12.0. The van der Waals surface area contributed by atoms with Gasteiger partial charge in [0.25, 0.3) is 0 Å². The smallest absolute Gasteiger partial charge is 0.417 e. The van der Waals surface area contributed by atoms with Crippen molar-refractivity contribution in [1.29, 1.82) is 0 Å². The number of anilines is 1. The van der Waals surface area contributed by atoms with Crippen LogP contribution in [0.4, 0.5) is 10.5 Å². The van der Waals surface area contributed by atoms with Gasteiger partial charge in [0.15, 0.2) is 0 Å². The maximum Gasteiger partial charge on any atom is 0.417 e. The van der Waals surface area contributed by atoms with Crippen molar-refractivity contribution in [3.05, 3.63) is 78.4 Å². The van der Waals surface area contributed by atoms with Crippen molar-refractivity contribution in [1.82, 2.24) is 4.90 Å². The summed E-state index contributed by atoms with van der Waals surface area (Å²) in [7, 11) is 0. The molecule has 2 aromatic carbocycles. The summed E-state index contributed by atoms with van der Waals surface area (Å²) in [5.41, 5.74) is 1.25. The molecule has 2 N–H and O–H groups in total. The van der Waals surface area contributed by atoms with Crippen LogP contribution in [0.3, 0.4) is 0 Å². The lowest BCUT2D eigenvalue weighted by Gasteiger charge is -2.40. The summed E-state index contributed by atoms with van der Waals surface area (Å²) >= 11 is 0. The van der Waals surface area contributed by atoms with Gasteiger partial charge in [0.2, 0.25) is 0 Å². The van der Waals surface area contributed by atoms with Gasteiger partial charge in [0.1, 0.15) is 11.5 Å². The van der Waals surface area contributed by atoms with Crippen LogP contribution >= 0.6 is 0 Å². The number of allylic oxidation sites excluding steroid dienone is 3. The first kappa shape index (κ1) is 23.1. The summed E-state index contributed by atoms with van der Waals surface area (Å²) in [5.74, 6) is 1.20. The van der Waals surface area contributed by atoms with Crippen LogP contribution in [-0.2, 0) is 0 Å². The Hall–Kier alpha value is -3.09. The Labute approximate surface area is 195 Å². The number of aliphatic hydroxyl groups is 1. The number of likely N-dealkylation sites (tertiary alicyclic amines) is 1. The first-order valence-corrected chi connectivity index (χ1v) is 11.7. The zero-order valence-electron chi connectivity index (χ0n) is 18.9. The van der Waals surface area contributed by atoms with Gasteiger partial charge in [0.05, 0.1) is 12.2 Å². The molecule has 0 atom stereocenters. The fourth-order valence-corrected chi connectivity index (χ4v) is 4.31. The molecule has 4 rings (SSSR count). The molecule has 1 heterocycles. The van der Waals surface area contributed by atoms with Crippen molar-refractivity contribution in [2.24, 2.45) is 0 Å². The molecular weight excluding hydrogens is 416 g/mol. The molecule has 174 valence electrons. The summed E-state index contributed by atoms with van der Waals surface area (Å²) in [6.07, 6.45) is 10.3. The van der Waals surface area contributed by atoms with E-state index in [2.05, 4.69) is 28.4 Å². The molecule has 1 fully saturated rings. The molecule has 0 unspecified atom stereocenters. The number of hydrogen-bond donors (Lipinski definition) is 2. The lowest BCUT2D eigenvalue weighted by Crippen LogP contribution is -2.46. The van der Waals surface area contributed by atoms with Crippen LogP contribution in [0.1, 0.15) is 32.1 Å². The van der Waals surface area contributed by atoms with Crippen molar-refractivity contribution >= 4 is 11.8 Å². The highest BCUT2D eigenvalue weighted by atomic mass is 16.6. The molecule has 0 radical (unpaired) electrons. The van der Waals surface area contributed by atoms with Gasteiger partial charge < -0.3 is 19.5 Å². The second-order valence-corrected chi connectivity index (χ2v) is 8.59. The van der Waals surface area contributed by atoms with Crippen LogP contribution in [0.25, 0.3) is 0 Å². The highest BCUT2D eigenvalue weighted by molar-refractivity contribution is 5.86. The number of piperidine rings is 1. The summed E-state index contributed by atoms with van der Waals surface area (Å²) in [6.45, 7) is 3.39. The highest BCUT2D eigenvalue weighted by Gasteiger charge is 2.35. The van der Waals surface area contributed by atoms with E-state index >= 15 is 0 Å². The number of nitrogens with zero attached hydrogens (tertiary/aromatic N) is 1. The number of carbonyl (C=O) groups excluding carboxylic acids is 1. The minimum absolute atomic E-state index is 0.458. The molecule has 6 nitrogen and oxygen atoms in total. The minimum atomic E-state index is -0.625. The van der Waals surface area contributed by atoms with Crippen LogP contribution in [0.15, 0.2) is 78.4 Å². The fraction of sp³-hybridized carbons (Fsp3) is 0.370. The standard InChI is InChI=1S/C27H32N2O4/c30-26(28-23-10-5-2-6-11-23)33-25-14-12-24(13-15-25)32-21-7-18-29-19-16-27(31,17-20-29)22-8-3-1-4-9-22/h1-3,5-6,8,10-15,31H,4,7,9,16-21H2,(H,28,30). The van der Waals surface area contributed by atoms with Gasteiger partial charge in [0, 0.05) is 25.3 Å². The molecule has 1 aliphatic heterocycles. The molecule has 1 amide bonds. The number of rotatable bonds is 8. The molecule has 0 bridgehead atoms. The van der Waals surface area contributed by atoms with Crippen molar-refractivity contribution in [3.8, 4) is 11.5 Å². The average molecular weight is 449 g/mol. The van der Waals surface area contributed by atoms with Crippen LogP contribution in [-0.4, -0.2) is 47.9 Å². The molecule has 0 aromatic heterocycles. The van der Waals surface area contributed by atoms with Gasteiger partial charge in [-0.25, -0.2) is 4.79 Å². The first-order valence-electron chi connectivity index (χ1n) is 11.7. The molecular formula is C27H32N2O4. The number of hydrogen-bond acceptors (Lipinski definition) is 5. The summed E-state index contributed by atoms with van der Waals surface area (Å²) in [4.78, 5) is 14.4. The Balaban J connectivity index is 1.13. The van der Waals surface area contributed by atoms with Gasteiger partial charge in [-0.2, -0.15) is 0 Å². The maximum atomic E-state index is 12.0. The normalized spacial score (nSPS) is 17.8. The SMILES string of the molecule is O=C(Nc1ccccc1)Oc1ccc(OCCCN2CCC(O)(C3=CC=CCC3)CC2)cc1. The minimum Gasteiger partial charge on any atom is -0.494 e. The number of para-hydroxylation sites is 1. The molecule has 2 aromatic rings. The molecule has 1 aliphatic carbocycles. The van der Waals surface area contributed by atoms with E-state index in [1.54, 1.807) is 36.4 Å². The van der Waals surface area contributed by atoms with Crippen molar-refractivity contribution < 1.29 is 19.4 Å². The van der Waals surface area contributed by atoms with E-state index in [1.807, 2.05) is 18.2 Å². The van der Waals surface area contributed by atoms with Gasteiger partial charge in [-0.15, -0.1) is 0 Å². The lowest BCUT2D eigenvalue weighted by atomic mass is 9.80. The van der Waals surface area contributed by atoms with Crippen LogP contribution in [0.5, 0.6) is 11.5 Å². The Morgan fingerprint density at radius 3 is 2.45 bits per heavy atom. The Kier molecular flexibility index (Phi) is 7.81. The third-order valence-corrected chi connectivity index (χ3v) is 6.24. The van der Waals surface area contributed by atoms with Gasteiger partial charge in [-0.3, -0.25) is 5.32 Å². The molecule has 33 heavy (non-hydrogen) atoms. The highest BCUT2D eigenvalue weighted by Crippen LogP contribution is 2.33. The number of carbonyl (C=O) groups is 1. The Morgan fingerprint density at radius 2 is 1.76 bits per heavy atom. The monoisotopic (exact) mass is 448 g/mol. The number of amides is 1. The summed E-state index contributed by atoms with van der Waals surface area (Å²) in [6, 6.07) is 16.2. The van der Waals surface area contributed by atoms with Crippen LogP contribution in [0.2, 0.25) is 0 Å². The predicted molar refractivity (Wildman–Crippen MR) is 130 cm³/mol. The lowest BCUT2D eigenvalue weighted by molar-refractivity contribution is 0.00590. The average Bonchev–Trinajstić information content (AvgIpc) is 2.85. The fourth-order valence-electron chi connectivity index (χ4n) is 4.31. The third-order valence-electron chi connectivity index (χ3n) is 6.24. The quantitative estimate of drug-likeness (QED) is 0.545. The number of nitrogens with one attached hydrogen (secondary N) is 1. The number of ether oxygens (including phenoxy) is 2. The van der Waals surface area contributed by atoms with Crippen LogP contribution < -0.4 is 14.8 Å². The van der Waals surface area contributed by atoms with E-state index in [4.69, 9.17) is 9.47 Å². The van der Waals surface area contributed by atoms with Gasteiger partial charge in [-0.05, 0) is 74.1 Å². The van der Waals surface area contributed by atoms with E-state index < -0.39 is 11.7 Å². The van der Waals surface area contributed by atoms with E-state index in [0.717, 1.165) is 57.5 Å². The zero-order chi connectivity index (χ0) is 22.9. The van der Waals surface area contributed by atoms with E-state index in [1.165, 1.54) is 5.57 Å². The van der Waals surface area contributed by atoms with E-state index in [9.17, 15) is 9.90 Å². The molecule has 6 heteroatoms. The Morgan fingerprint density at radius 1 is 1.03 bits per heavy atom. The Bertz CT molecular complexity index is 961.